The van der Waals surface area contributed by atoms with Crippen molar-refractivity contribution in [2.45, 2.75) is 25.1 Å². The predicted octanol–water partition coefficient (Wildman–Crippen LogP) is 4.12. The van der Waals surface area contributed by atoms with Crippen molar-refractivity contribution >= 4 is 34.9 Å². The maximum Gasteiger partial charge on any atom is 0.332 e. The van der Waals surface area contributed by atoms with Crippen molar-refractivity contribution in [2.75, 3.05) is 16.8 Å². The molecule has 0 aliphatic carbocycles. The maximum absolute atomic E-state index is 13.7. The molecule has 32 heavy (non-hydrogen) atoms. The molecule has 0 fully saturated rings. The normalized spacial score (nSPS) is 18.2. The monoisotopic (exact) mass is 450 g/mol. The summed E-state index contributed by atoms with van der Waals surface area (Å²) in [5.74, 6) is -1.32. The highest BCUT2D eigenvalue weighted by molar-refractivity contribution is 6.30. The molecule has 4 rings (SSSR count). The van der Waals surface area contributed by atoms with E-state index in [2.05, 4.69) is 5.32 Å². The van der Waals surface area contributed by atoms with E-state index < -0.39 is 23.5 Å². The van der Waals surface area contributed by atoms with E-state index in [0.717, 1.165) is 5.56 Å². The second kappa shape index (κ2) is 9.02. The number of nitrogens with zero attached hydrogens (tertiary/aromatic N) is 1. The Bertz CT molecular complexity index is 1120. The van der Waals surface area contributed by atoms with Gasteiger partial charge in [0.1, 0.15) is 0 Å². The molecule has 0 unspecified atom stereocenters. The molecule has 2 N–H and O–H groups in total. The van der Waals surface area contributed by atoms with Crippen LogP contribution in [0.25, 0.3) is 0 Å². The standard InChI is InChI=1S/C25H23ClN2O4/c1-2-32-23(29)22(27-19-14-12-18(26)13-15-19)25(31)20-10-6-7-11-21(20)28(24(25)30)16-17-8-4-3-5-9-17/h3-15,22,27,31H,2,16H2,1H3/t22-,25-/m0/s1. The van der Waals surface area contributed by atoms with Crippen LogP contribution in [0.2, 0.25) is 5.02 Å². The molecule has 7 heteroatoms. The zero-order chi connectivity index (χ0) is 22.7. The van der Waals surface area contributed by atoms with E-state index in [0.29, 0.717) is 22.0 Å². The van der Waals surface area contributed by atoms with Gasteiger partial charge in [-0.15, -0.1) is 0 Å². The number of halogens is 1. The number of carbonyl (C=O) groups is 2. The zero-order valence-corrected chi connectivity index (χ0v) is 18.3. The van der Waals surface area contributed by atoms with Crippen LogP contribution in [0.5, 0.6) is 0 Å². The number of ether oxygens (including phenoxy) is 1. The summed E-state index contributed by atoms with van der Waals surface area (Å²) in [4.78, 5) is 28.2. The molecule has 1 aliphatic rings. The number of hydrogen-bond acceptors (Lipinski definition) is 5. The number of fused-ring (bicyclic) bond motifs is 1. The summed E-state index contributed by atoms with van der Waals surface area (Å²) < 4.78 is 5.24. The van der Waals surface area contributed by atoms with Crippen molar-refractivity contribution in [1.29, 1.82) is 0 Å². The number of benzene rings is 3. The first kappa shape index (κ1) is 21.9. The quantitative estimate of drug-likeness (QED) is 0.529. The lowest BCUT2D eigenvalue weighted by atomic mass is 9.87. The molecule has 0 saturated heterocycles. The number of nitrogens with one attached hydrogen (secondary N) is 1. The summed E-state index contributed by atoms with van der Waals surface area (Å²) in [6.07, 6.45) is 0. The second-order valence-corrected chi connectivity index (χ2v) is 7.93. The smallest absolute Gasteiger partial charge is 0.332 e. The molecule has 1 amide bonds. The van der Waals surface area contributed by atoms with Crippen molar-refractivity contribution in [3.8, 4) is 0 Å². The van der Waals surface area contributed by atoms with Crippen molar-refractivity contribution in [3.05, 3.63) is 95.0 Å². The Morgan fingerprint density at radius 3 is 2.41 bits per heavy atom. The number of hydrogen-bond donors (Lipinski definition) is 2. The Morgan fingerprint density at radius 2 is 1.72 bits per heavy atom. The fraction of sp³-hybridized carbons (Fsp3) is 0.200. The molecule has 0 radical (unpaired) electrons. The van der Waals surface area contributed by atoms with Crippen LogP contribution >= 0.6 is 11.6 Å². The SMILES string of the molecule is CCOC(=O)[C@H](Nc1ccc(Cl)cc1)[C@]1(O)C(=O)N(Cc2ccccc2)c2ccccc21. The van der Waals surface area contributed by atoms with Crippen molar-refractivity contribution < 1.29 is 19.4 Å². The molecule has 164 valence electrons. The topological polar surface area (TPSA) is 78.9 Å². The Morgan fingerprint density at radius 1 is 1.06 bits per heavy atom. The van der Waals surface area contributed by atoms with Crippen LogP contribution < -0.4 is 10.2 Å². The summed E-state index contributed by atoms with van der Waals surface area (Å²) >= 11 is 5.97. The highest BCUT2D eigenvalue weighted by atomic mass is 35.5. The molecule has 1 aliphatic heterocycles. The number of rotatable bonds is 7. The number of amides is 1. The third-order valence-corrected chi connectivity index (χ3v) is 5.71. The number of carbonyl (C=O) groups excluding carboxylic acids is 2. The maximum atomic E-state index is 13.7. The number of aliphatic hydroxyl groups is 1. The van der Waals surface area contributed by atoms with Crippen LogP contribution in [0, 0.1) is 0 Å². The van der Waals surface area contributed by atoms with E-state index in [1.807, 2.05) is 30.3 Å². The Kier molecular flexibility index (Phi) is 6.17. The van der Waals surface area contributed by atoms with Gasteiger partial charge in [-0.2, -0.15) is 0 Å². The molecular weight excluding hydrogens is 428 g/mol. The van der Waals surface area contributed by atoms with Crippen LogP contribution in [0.4, 0.5) is 11.4 Å². The van der Waals surface area contributed by atoms with Gasteiger partial charge in [0.05, 0.1) is 18.8 Å². The minimum absolute atomic E-state index is 0.108. The first-order chi connectivity index (χ1) is 15.4. The summed E-state index contributed by atoms with van der Waals surface area (Å²) in [5, 5.41) is 15.4. The van der Waals surface area contributed by atoms with Gasteiger partial charge in [0.25, 0.3) is 5.91 Å². The lowest BCUT2D eigenvalue weighted by Gasteiger charge is -2.31. The fourth-order valence-corrected chi connectivity index (χ4v) is 4.06. The third kappa shape index (κ3) is 3.95. The number of para-hydroxylation sites is 1. The second-order valence-electron chi connectivity index (χ2n) is 7.50. The van der Waals surface area contributed by atoms with Crippen LogP contribution in [0.15, 0.2) is 78.9 Å². The van der Waals surface area contributed by atoms with E-state index in [9.17, 15) is 14.7 Å². The fourth-order valence-electron chi connectivity index (χ4n) is 3.94. The summed E-state index contributed by atoms with van der Waals surface area (Å²) in [6, 6.07) is 21.7. The van der Waals surface area contributed by atoms with Gasteiger partial charge >= 0.3 is 5.97 Å². The van der Waals surface area contributed by atoms with Gasteiger partial charge in [0.15, 0.2) is 6.04 Å². The van der Waals surface area contributed by atoms with Crippen LogP contribution in [0.3, 0.4) is 0 Å². The van der Waals surface area contributed by atoms with Crippen LogP contribution in [0.1, 0.15) is 18.1 Å². The number of esters is 1. The predicted molar refractivity (Wildman–Crippen MR) is 123 cm³/mol. The first-order valence-corrected chi connectivity index (χ1v) is 10.7. The Hall–Kier alpha value is -3.35. The van der Waals surface area contributed by atoms with E-state index >= 15 is 0 Å². The molecule has 0 bridgehead atoms. The van der Waals surface area contributed by atoms with Gasteiger partial charge in [-0.1, -0.05) is 60.1 Å². The van der Waals surface area contributed by atoms with E-state index in [4.69, 9.17) is 16.3 Å². The van der Waals surface area contributed by atoms with Crippen LogP contribution in [-0.4, -0.2) is 29.6 Å². The molecule has 0 aromatic heterocycles. The molecule has 3 aromatic rings. The lowest BCUT2D eigenvalue weighted by Crippen LogP contribution is -2.55. The van der Waals surface area contributed by atoms with Crippen LogP contribution in [-0.2, 0) is 26.5 Å². The molecule has 3 aromatic carbocycles. The molecule has 6 nitrogen and oxygen atoms in total. The van der Waals surface area contributed by atoms with Crippen molar-refractivity contribution in [1.82, 2.24) is 0 Å². The van der Waals surface area contributed by atoms with Gasteiger partial charge < -0.3 is 20.1 Å². The highest BCUT2D eigenvalue weighted by Gasteiger charge is 2.58. The van der Waals surface area contributed by atoms with Gasteiger partial charge in [0, 0.05) is 16.3 Å². The molecule has 0 spiro atoms. The van der Waals surface area contributed by atoms with Gasteiger partial charge in [-0.05, 0) is 42.8 Å². The molecule has 0 saturated carbocycles. The van der Waals surface area contributed by atoms with Gasteiger partial charge in [0.2, 0.25) is 5.60 Å². The largest absolute Gasteiger partial charge is 0.464 e. The van der Waals surface area contributed by atoms with Crippen molar-refractivity contribution in [3.63, 3.8) is 0 Å². The molecule has 2 atom stereocenters. The Labute approximate surface area is 191 Å². The first-order valence-electron chi connectivity index (χ1n) is 10.3. The molecular formula is C25H23ClN2O4. The molecule has 1 heterocycles. The van der Waals surface area contributed by atoms with E-state index in [1.165, 1.54) is 4.90 Å². The Balaban J connectivity index is 1.77. The zero-order valence-electron chi connectivity index (χ0n) is 17.5. The minimum atomic E-state index is -2.16. The average Bonchev–Trinajstić information content (AvgIpc) is 3.02. The van der Waals surface area contributed by atoms with E-state index in [1.54, 1.807) is 55.5 Å². The van der Waals surface area contributed by atoms with Gasteiger partial charge in [-0.3, -0.25) is 4.79 Å². The van der Waals surface area contributed by atoms with Crippen molar-refractivity contribution in [2.24, 2.45) is 0 Å². The minimum Gasteiger partial charge on any atom is -0.464 e. The lowest BCUT2D eigenvalue weighted by molar-refractivity contribution is -0.156. The third-order valence-electron chi connectivity index (χ3n) is 5.46. The highest BCUT2D eigenvalue weighted by Crippen LogP contribution is 2.44. The summed E-state index contributed by atoms with van der Waals surface area (Å²) in [5.41, 5.74) is 0.166. The average molecular weight is 451 g/mol. The van der Waals surface area contributed by atoms with E-state index in [-0.39, 0.29) is 13.2 Å². The number of anilines is 2. The summed E-state index contributed by atoms with van der Waals surface area (Å²) in [6.45, 7) is 2.04. The summed E-state index contributed by atoms with van der Waals surface area (Å²) in [7, 11) is 0. The van der Waals surface area contributed by atoms with Gasteiger partial charge in [-0.25, -0.2) is 4.79 Å².